The van der Waals surface area contributed by atoms with Crippen molar-refractivity contribution >= 4 is 11.9 Å². The first kappa shape index (κ1) is 19.7. The zero-order chi connectivity index (χ0) is 18.8. The number of carbonyl (C=O) groups is 2. The normalized spacial score (nSPS) is 10.4. The van der Waals surface area contributed by atoms with Crippen LogP contribution < -0.4 is 0 Å². The lowest BCUT2D eigenvalue weighted by Crippen LogP contribution is -2.07. The fraction of sp³-hybridized carbons (Fsp3) is 0.364. The van der Waals surface area contributed by atoms with Gasteiger partial charge in [0.1, 0.15) is 0 Å². The van der Waals surface area contributed by atoms with Gasteiger partial charge in [-0.2, -0.15) is 0 Å². The summed E-state index contributed by atoms with van der Waals surface area (Å²) in [5.41, 5.74) is 4.40. The Morgan fingerprint density at radius 2 is 0.923 bits per heavy atom. The molecule has 0 aliphatic heterocycles. The summed E-state index contributed by atoms with van der Waals surface area (Å²) in [6.07, 6.45) is 2.49. The fourth-order valence-corrected chi connectivity index (χ4v) is 2.69. The average molecular weight is 354 g/mol. The fourth-order valence-electron chi connectivity index (χ4n) is 2.69. The molecule has 4 nitrogen and oxygen atoms in total. The summed E-state index contributed by atoms with van der Waals surface area (Å²) in [5, 5.41) is 0. The Bertz CT molecular complexity index is 638. The van der Waals surface area contributed by atoms with Crippen molar-refractivity contribution in [1.29, 1.82) is 0 Å². The number of aryl methyl sites for hydroxylation is 2. The molecule has 0 bridgehead atoms. The van der Waals surface area contributed by atoms with Crippen molar-refractivity contribution in [3.8, 4) is 0 Å². The molecule has 0 radical (unpaired) electrons. The predicted octanol–water partition coefficient (Wildman–Crippen LogP) is 3.68. The Morgan fingerprint density at radius 3 is 1.23 bits per heavy atom. The molecule has 0 N–H and O–H groups in total. The summed E-state index contributed by atoms with van der Waals surface area (Å²) in [5.74, 6) is -0.383. The van der Waals surface area contributed by atoms with Crippen LogP contribution in [-0.2, 0) is 44.7 Å². The highest BCUT2D eigenvalue weighted by Gasteiger charge is 2.05. The Balaban J connectivity index is 1.82. The molecule has 2 aromatic carbocycles. The molecule has 0 amide bonds. The smallest absolute Gasteiger partial charge is 0.310 e. The molecule has 138 valence electrons. The van der Waals surface area contributed by atoms with Crippen LogP contribution in [0.3, 0.4) is 0 Å². The van der Waals surface area contributed by atoms with E-state index in [-0.39, 0.29) is 11.9 Å². The van der Waals surface area contributed by atoms with Crippen LogP contribution in [0.5, 0.6) is 0 Å². The number of ether oxygens (including phenoxy) is 2. The number of carbonyl (C=O) groups excluding carboxylic acids is 2. The first-order valence-corrected chi connectivity index (χ1v) is 9.07. The van der Waals surface area contributed by atoms with Gasteiger partial charge in [0.2, 0.25) is 0 Å². The van der Waals surface area contributed by atoms with Crippen molar-refractivity contribution in [3.05, 3.63) is 70.8 Å². The zero-order valence-corrected chi connectivity index (χ0v) is 15.5. The standard InChI is InChI=1S/C22H26O4/c1-3-25-21(23)15-19-11-7-17(8-12-19)5-6-18-9-13-20(14-10-18)16-22(24)26-4-2/h7-14H,3-6,15-16H2,1-2H3. The summed E-state index contributed by atoms with van der Waals surface area (Å²) < 4.78 is 9.92. The van der Waals surface area contributed by atoms with E-state index in [0.717, 1.165) is 24.0 Å². The largest absolute Gasteiger partial charge is 0.466 e. The second-order valence-corrected chi connectivity index (χ2v) is 6.10. The lowest BCUT2D eigenvalue weighted by Gasteiger charge is -2.06. The molecule has 0 spiro atoms. The molecule has 0 atom stereocenters. The SMILES string of the molecule is CCOC(=O)Cc1ccc(CCc2ccc(CC(=O)OCC)cc2)cc1. The monoisotopic (exact) mass is 354 g/mol. The van der Waals surface area contributed by atoms with Gasteiger partial charge in [0.15, 0.2) is 0 Å². The molecule has 0 saturated heterocycles. The van der Waals surface area contributed by atoms with Gasteiger partial charge in [-0.15, -0.1) is 0 Å². The number of esters is 2. The molecule has 0 aliphatic rings. The van der Waals surface area contributed by atoms with Crippen LogP contribution in [-0.4, -0.2) is 25.2 Å². The molecule has 2 aromatic rings. The molecule has 0 unspecified atom stereocenters. The maximum Gasteiger partial charge on any atom is 0.310 e. The third-order valence-corrected chi connectivity index (χ3v) is 4.06. The highest BCUT2D eigenvalue weighted by molar-refractivity contribution is 5.73. The summed E-state index contributed by atoms with van der Waals surface area (Å²) in [6.45, 7) is 4.44. The molecule has 0 aliphatic carbocycles. The third kappa shape index (κ3) is 6.71. The van der Waals surface area contributed by atoms with Crippen LogP contribution in [0.15, 0.2) is 48.5 Å². The Labute approximate surface area is 155 Å². The molecule has 0 fully saturated rings. The van der Waals surface area contributed by atoms with E-state index in [1.54, 1.807) is 0 Å². The van der Waals surface area contributed by atoms with Gasteiger partial charge in [0, 0.05) is 0 Å². The molecule has 0 heterocycles. The first-order valence-electron chi connectivity index (χ1n) is 9.07. The van der Waals surface area contributed by atoms with Gasteiger partial charge < -0.3 is 9.47 Å². The van der Waals surface area contributed by atoms with Crippen LogP contribution in [0.2, 0.25) is 0 Å². The number of benzene rings is 2. The van der Waals surface area contributed by atoms with Crippen LogP contribution in [0.25, 0.3) is 0 Å². The van der Waals surface area contributed by atoms with Gasteiger partial charge >= 0.3 is 11.9 Å². The maximum absolute atomic E-state index is 11.5. The van der Waals surface area contributed by atoms with Crippen molar-refractivity contribution in [2.45, 2.75) is 39.5 Å². The van der Waals surface area contributed by atoms with Crippen molar-refractivity contribution in [3.63, 3.8) is 0 Å². The van der Waals surface area contributed by atoms with E-state index >= 15 is 0 Å². The highest BCUT2D eigenvalue weighted by Crippen LogP contribution is 2.12. The molecule has 4 heteroatoms. The second kappa shape index (κ2) is 10.4. The minimum atomic E-state index is -0.192. The van der Waals surface area contributed by atoms with Gasteiger partial charge in [-0.3, -0.25) is 9.59 Å². The van der Waals surface area contributed by atoms with E-state index in [0.29, 0.717) is 26.1 Å². The van der Waals surface area contributed by atoms with Crippen molar-refractivity contribution in [1.82, 2.24) is 0 Å². The zero-order valence-electron chi connectivity index (χ0n) is 15.5. The van der Waals surface area contributed by atoms with E-state index < -0.39 is 0 Å². The Morgan fingerprint density at radius 1 is 0.615 bits per heavy atom. The molecule has 0 aromatic heterocycles. The molecular formula is C22H26O4. The minimum Gasteiger partial charge on any atom is -0.466 e. The van der Waals surface area contributed by atoms with Crippen molar-refractivity contribution in [2.24, 2.45) is 0 Å². The summed E-state index contributed by atoms with van der Waals surface area (Å²) in [7, 11) is 0. The van der Waals surface area contributed by atoms with Crippen LogP contribution >= 0.6 is 0 Å². The van der Waals surface area contributed by atoms with E-state index in [9.17, 15) is 9.59 Å². The summed E-state index contributed by atoms with van der Waals surface area (Å²) in [6, 6.07) is 16.2. The Kier molecular flexibility index (Phi) is 7.87. The number of hydrogen-bond acceptors (Lipinski definition) is 4. The van der Waals surface area contributed by atoms with E-state index in [1.165, 1.54) is 11.1 Å². The van der Waals surface area contributed by atoms with E-state index in [2.05, 4.69) is 24.3 Å². The number of hydrogen-bond donors (Lipinski definition) is 0. The molecule has 0 saturated carbocycles. The van der Waals surface area contributed by atoms with Gasteiger partial charge in [-0.25, -0.2) is 0 Å². The lowest BCUT2D eigenvalue weighted by atomic mass is 10.0. The quantitative estimate of drug-likeness (QED) is 0.645. The van der Waals surface area contributed by atoms with Gasteiger partial charge in [-0.1, -0.05) is 48.5 Å². The van der Waals surface area contributed by atoms with Crippen LogP contribution in [0.4, 0.5) is 0 Å². The van der Waals surface area contributed by atoms with Gasteiger partial charge in [0.05, 0.1) is 26.1 Å². The van der Waals surface area contributed by atoms with Gasteiger partial charge in [0.25, 0.3) is 0 Å². The van der Waals surface area contributed by atoms with E-state index in [1.807, 2.05) is 38.1 Å². The molecule has 26 heavy (non-hydrogen) atoms. The lowest BCUT2D eigenvalue weighted by molar-refractivity contribution is -0.143. The van der Waals surface area contributed by atoms with Gasteiger partial charge in [-0.05, 0) is 48.9 Å². The summed E-state index contributed by atoms with van der Waals surface area (Å²) in [4.78, 5) is 23.0. The second-order valence-electron chi connectivity index (χ2n) is 6.10. The molecular weight excluding hydrogens is 328 g/mol. The van der Waals surface area contributed by atoms with E-state index in [4.69, 9.17) is 9.47 Å². The average Bonchev–Trinajstić information content (AvgIpc) is 2.63. The first-order chi connectivity index (χ1) is 12.6. The van der Waals surface area contributed by atoms with Crippen molar-refractivity contribution in [2.75, 3.05) is 13.2 Å². The number of rotatable bonds is 9. The van der Waals surface area contributed by atoms with Crippen LogP contribution in [0.1, 0.15) is 36.1 Å². The third-order valence-electron chi connectivity index (χ3n) is 4.06. The molecule has 2 rings (SSSR count). The van der Waals surface area contributed by atoms with Crippen molar-refractivity contribution < 1.29 is 19.1 Å². The van der Waals surface area contributed by atoms with Crippen LogP contribution in [0, 0.1) is 0 Å². The topological polar surface area (TPSA) is 52.6 Å². The Hall–Kier alpha value is -2.62. The minimum absolute atomic E-state index is 0.192. The summed E-state index contributed by atoms with van der Waals surface area (Å²) >= 11 is 0. The predicted molar refractivity (Wildman–Crippen MR) is 101 cm³/mol. The maximum atomic E-state index is 11.5. The highest BCUT2D eigenvalue weighted by atomic mass is 16.5.